The van der Waals surface area contributed by atoms with E-state index in [1.807, 2.05) is 35.3 Å². The van der Waals surface area contributed by atoms with Crippen molar-refractivity contribution in [1.82, 2.24) is 5.01 Å². The summed E-state index contributed by atoms with van der Waals surface area (Å²) in [6.45, 7) is 1.33. The van der Waals surface area contributed by atoms with Crippen molar-refractivity contribution in [3.8, 4) is 0 Å². The number of nitro groups is 1. The maximum Gasteiger partial charge on any atom is 0.227 e. The molecule has 5 heteroatoms. The lowest BCUT2D eigenvalue weighted by Gasteiger charge is -2.29. The molecule has 0 amide bonds. The molecule has 5 nitrogen and oxygen atoms in total. The fourth-order valence-electron chi connectivity index (χ4n) is 1.92. The van der Waals surface area contributed by atoms with Gasteiger partial charge in [0.25, 0.3) is 0 Å². The van der Waals surface area contributed by atoms with Crippen molar-refractivity contribution in [3.05, 3.63) is 40.4 Å². The van der Waals surface area contributed by atoms with Gasteiger partial charge in [-0.2, -0.15) is 0 Å². The third-order valence-electron chi connectivity index (χ3n) is 2.76. The predicted molar refractivity (Wildman–Crippen MR) is 61.7 cm³/mol. The van der Waals surface area contributed by atoms with Crippen molar-refractivity contribution >= 4 is 5.69 Å². The predicted octanol–water partition coefficient (Wildman–Crippen LogP) is 1.75. The normalized spacial score (nSPS) is 21.6. The summed E-state index contributed by atoms with van der Waals surface area (Å²) >= 11 is 0. The summed E-state index contributed by atoms with van der Waals surface area (Å²) in [5.41, 5.74) is 4.17. The SMILES string of the molecule is O=[N+]([O-])C1CCCN(Nc2ccccc2)C1. The number of hydrazine groups is 1. The molecule has 0 spiro atoms. The van der Waals surface area contributed by atoms with E-state index in [-0.39, 0.29) is 4.92 Å². The molecule has 86 valence electrons. The Hall–Kier alpha value is -1.62. The topological polar surface area (TPSA) is 58.4 Å². The molecule has 1 N–H and O–H groups in total. The van der Waals surface area contributed by atoms with E-state index in [4.69, 9.17) is 0 Å². The Morgan fingerprint density at radius 3 is 2.81 bits per heavy atom. The summed E-state index contributed by atoms with van der Waals surface area (Å²) in [6, 6.07) is 9.30. The highest BCUT2D eigenvalue weighted by atomic mass is 16.6. The van der Waals surface area contributed by atoms with Gasteiger partial charge in [0.05, 0.1) is 6.54 Å². The first-order valence-electron chi connectivity index (χ1n) is 5.46. The molecular weight excluding hydrogens is 206 g/mol. The van der Waals surface area contributed by atoms with Crippen LogP contribution in [0.2, 0.25) is 0 Å². The molecule has 1 aromatic rings. The third-order valence-corrected chi connectivity index (χ3v) is 2.76. The lowest BCUT2D eigenvalue weighted by atomic mass is 10.1. The highest BCUT2D eigenvalue weighted by Crippen LogP contribution is 2.14. The van der Waals surface area contributed by atoms with Gasteiger partial charge in [0.15, 0.2) is 0 Å². The van der Waals surface area contributed by atoms with Crippen LogP contribution in [0, 0.1) is 10.1 Å². The van der Waals surface area contributed by atoms with Crippen LogP contribution in [0.25, 0.3) is 0 Å². The van der Waals surface area contributed by atoms with Crippen LogP contribution in [0.5, 0.6) is 0 Å². The summed E-state index contributed by atoms with van der Waals surface area (Å²) in [4.78, 5) is 10.5. The minimum atomic E-state index is -0.440. The first-order valence-corrected chi connectivity index (χ1v) is 5.46. The molecule has 0 radical (unpaired) electrons. The molecule has 1 aliphatic heterocycles. The van der Waals surface area contributed by atoms with Crippen LogP contribution >= 0.6 is 0 Å². The second kappa shape index (κ2) is 4.94. The molecule has 0 aliphatic carbocycles. The third kappa shape index (κ3) is 2.70. The smallest absolute Gasteiger partial charge is 0.227 e. The molecule has 0 bridgehead atoms. The van der Waals surface area contributed by atoms with Crippen molar-refractivity contribution in [3.63, 3.8) is 0 Å². The van der Waals surface area contributed by atoms with Crippen LogP contribution in [0.15, 0.2) is 30.3 Å². The maximum absolute atomic E-state index is 10.7. The number of piperidine rings is 1. The second-order valence-corrected chi connectivity index (χ2v) is 4.01. The Morgan fingerprint density at radius 1 is 1.38 bits per heavy atom. The summed E-state index contributed by atoms with van der Waals surface area (Å²) in [5.74, 6) is 0. The first kappa shape index (κ1) is 10.9. The molecule has 1 atom stereocenters. The Labute approximate surface area is 94.2 Å². The van der Waals surface area contributed by atoms with Crippen molar-refractivity contribution in [2.45, 2.75) is 18.9 Å². The zero-order chi connectivity index (χ0) is 11.4. The van der Waals surface area contributed by atoms with Crippen LogP contribution in [0.3, 0.4) is 0 Å². The monoisotopic (exact) mass is 221 g/mol. The van der Waals surface area contributed by atoms with Crippen molar-refractivity contribution in [1.29, 1.82) is 0 Å². The number of hydrogen-bond acceptors (Lipinski definition) is 4. The number of hydrogen-bond donors (Lipinski definition) is 1. The van der Waals surface area contributed by atoms with E-state index in [1.165, 1.54) is 0 Å². The zero-order valence-electron chi connectivity index (χ0n) is 9.00. The lowest BCUT2D eigenvalue weighted by Crippen LogP contribution is -2.44. The molecule has 1 fully saturated rings. The van der Waals surface area contributed by atoms with Gasteiger partial charge in [-0.05, 0) is 18.6 Å². The molecule has 1 heterocycles. The van der Waals surface area contributed by atoms with Crippen LogP contribution in [0.4, 0.5) is 5.69 Å². The van der Waals surface area contributed by atoms with Crippen LogP contribution in [0.1, 0.15) is 12.8 Å². The van der Waals surface area contributed by atoms with E-state index in [1.54, 1.807) is 0 Å². The van der Waals surface area contributed by atoms with Gasteiger partial charge in [0, 0.05) is 23.6 Å². The molecule has 1 aromatic carbocycles. The van der Waals surface area contributed by atoms with Gasteiger partial charge >= 0.3 is 0 Å². The van der Waals surface area contributed by atoms with Gasteiger partial charge in [-0.15, -0.1) is 0 Å². The number of rotatable bonds is 3. The van der Waals surface area contributed by atoms with Gasteiger partial charge in [0.2, 0.25) is 6.04 Å². The molecule has 1 unspecified atom stereocenters. The Morgan fingerprint density at radius 2 is 2.12 bits per heavy atom. The van der Waals surface area contributed by atoms with E-state index >= 15 is 0 Å². The van der Waals surface area contributed by atoms with E-state index in [0.29, 0.717) is 13.0 Å². The number of nitrogens with one attached hydrogen (secondary N) is 1. The molecule has 1 saturated heterocycles. The summed E-state index contributed by atoms with van der Waals surface area (Å²) < 4.78 is 0. The van der Waals surface area contributed by atoms with Crippen LogP contribution in [-0.2, 0) is 0 Å². The standard InChI is InChI=1S/C11H15N3O2/c15-14(16)11-7-4-8-13(9-11)12-10-5-2-1-3-6-10/h1-3,5-6,11-12H,4,7-9H2. The highest BCUT2D eigenvalue weighted by Gasteiger charge is 2.27. The molecule has 1 aliphatic rings. The fourth-order valence-corrected chi connectivity index (χ4v) is 1.92. The van der Waals surface area contributed by atoms with Gasteiger partial charge in [-0.25, -0.2) is 5.01 Å². The Balaban J connectivity index is 1.93. The van der Waals surface area contributed by atoms with Crippen LogP contribution in [-0.4, -0.2) is 29.1 Å². The largest absolute Gasteiger partial charge is 0.319 e. The number of anilines is 1. The average molecular weight is 221 g/mol. The molecule has 16 heavy (non-hydrogen) atoms. The van der Waals surface area contributed by atoms with Gasteiger partial charge in [-0.3, -0.25) is 10.1 Å². The molecular formula is C11H15N3O2. The summed E-state index contributed by atoms with van der Waals surface area (Å²) in [7, 11) is 0. The lowest BCUT2D eigenvalue weighted by molar-refractivity contribution is -0.526. The van der Waals surface area contributed by atoms with E-state index in [9.17, 15) is 10.1 Å². The number of nitrogens with zero attached hydrogens (tertiary/aromatic N) is 2. The minimum Gasteiger partial charge on any atom is -0.319 e. The number of para-hydroxylation sites is 1. The van der Waals surface area contributed by atoms with Gasteiger partial charge in [0.1, 0.15) is 0 Å². The second-order valence-electron chi connectivity index (χ2n) is 4.01. The van der Waals surface area contributed by atoms with Crippen molar-refractivity contribution in [2.75, 3.05) is 18.5 Å². The summed E-state index contributed by atoms with van der Waals surface area (Å²) in [5, 5.41) is 12.6. The Kier molecular flexibility index (Phi) is 3.36. The highest BCUT2D eigenvalue weighted by molar-refractivity contribution is 5.41. The van der Waals surface area contributed by atoms with Crippen molar-refractivity contribution < 1.29 is 4.92 Å². The van der Waals surface area contributed by atoms with Crippen molar-refractivity contribution in [2.24, 2.45) is 0 Å². The fraction of sp³-hybridized carbons (Fsp3) is 0.455. The van der Waals surface area contributed by atoms with E-state index < -0.39 is 6.04 Å². The van der Waals surface area contributed by atoms with Gasteiger partial charge in [-0.1, -0.05) is 18.2 Å². The van der Waals surface area contributed by atoms with Gasteiger partial charge < -0.3 is 5.43 Å². The first-order chi connectivity index (χ1) is 7.75. The summed E-state index contributed by atoms with van der Waals surface area (Å²) in [6.07, 6.45) is 1.55. The molecule has 0 saturated carbocycles. The average Bonchev–Trinajstić information content (AvgIpc) is 2.30. The molecule has 2 rings (SSSR count). The van der Waals surface area contributed by atoms with E-state index in [0.717, 1.165) is 18.7 Å². The quantitative estimate of drug-likeness (QED) is 0.624. The maximum atomic E-state index is 10.7. The minimum absolute atomic E-state index is 0.182. The molecule has 0 aromatic heterocycles. The number of benzene rings is 1. The van der Waals surface area contributed by atoms with E-state index in [2.05, 4.69) is 5.43 Å². The van der Waals surface area contributed by atoms with Crippen LogP contribution < -0.4 is 5.43 Å². The Bertz CT molecular complexity index is 356. The zero-order valence-corrected chi connectivity index (χ0v) is 9.00.